The fourth-order valence-electron chi connectivity index (χ4n) is 2.30. The molecule has 0 heterocycles. The van der Waals surface area contributed by atoms with Gasteiger partial charge in [-0.25, -0.2) is 0 Å². The van der Waals surface area contributed by atoms with E-state index in [1.807, 2.05) is 19.1 Å². The Kier molecular flexibility index (Phi) is 5.09. The van der Waals surface area contributed by atoms with Gasteiger partial charge in [0.25, 0.3) is 5.91 Å². The first-order chi connectivity index (χ1) is 10.4. The highest BCUT2D eigenvalue weighted by molar-refractivity contribution is 6.34. The van der Waals surface area contributed by atoms with Crippen LogP contribution in [-0.2, 0) is 0 Å². The van der Waals surface area contributed by atoms with E-state index in [2.05, 4.69) is 19.2 Å². The summed E-state index contributed by atoms with van der Waals surface area (Å²) in [6, 6.07) is 10.9. The van der Waals surface area contributed by atoms with Crippen molar-refractivity contribution < 1.29 is 9.53 Å². The van der Waals surface area contributed by atoms with E-state index in [1.165, 1.54) is 0 Å². The molecule has 22 heavy (non-hydrogen) atoms. The zero-order valence-corrected chi connectivity index (χ0v) is 14.0. The number of rotatable bonds is 4. The van der Waals surface area contributed by atoms with E-state index in [9.17, 15) is 4.79 Å². The van der Waals surface area contributed by atoms with Crippen molar-refractivity contribution in [2.24, 2.45) is 0 Å². The van der Waals surface area contributed by atoms with E-state index >= 15 is 0 Å². The van der Waals surface area contributed by atoms with Crippen LogP contribution in [0.2, 0.25) is 5.02 Å². The topological polar surface area (TPSA) is 38.3 Å². The van der Waals surface area contributed by atoms with Crippen molar-refractivity contribution in [2.75, 3.05) is 12.4 Å². The number of nitrogens with one attached hydrogen (secondary N) is 1. The molecule has 0 spiro atoms. The van der Waals surface area contributed by atoms with Crippen molar-refractivity contribution in [3.63, 3.8) is 0 Å². The molecule has 0 aliphatic carbocycles. The first-order valence-corrected chi connectivity index (χ1v) is 7.56. The number of amides is 1. The number of benzene rings is 2. The van der Waals surface area contributed by atoms with Gasteiger partial charge in [-0.3, -0.25) is 4.79 Å². The van der Waals surface area contributed by atoms with Crippen molar-refractivity contribution in [1.82, 2.24) is 0 Å². The van der Waals surface area contributed by atoms with Gasteiger partial charge in [0.2, 0.25) is 0 Å². The Morgan fingerprint density at radius 2 is 1.91 bits per heavy atom. The van der Waals surface area contributed by atoms with Crippen molar-refractivity contribution in [2.45, 2.75) is 26.7 Å². The molecular weight excluding hydrogens is 298 g/mol. The molecule has 0 atom stereocenters. The molecule has 1 N–H and O–H groups in total. The standard InChI is InChI=1S/C18H20ClNO2/c1-11(2)14-10-16(12(3)9-17(14)22-4)20-18(21)13-7-5-6-8-15(13)19/h5-11H,1-4H3,(H,20,21). The number of aryl methyl sites for hydroxylation is 1. The average molecular weight is 318 g/mol. The van der Waals surface area contributed by atoms with Crippen molar-refractivity contribution in [3.05, 3.63) is 58.1 Å². The van der Waals surface area contributed by atoms with Crippen LogP contribution in [0.25, 0.3) is 0 Å². The molecule has 4 heteroatoms. The highest BCUT2D eigenvalue weighted by atomic mass is 35.5. The normalized spacial score (nSPS) is 10.6. The maximum Gasteiger partial charge on any atom is 0.257 e. The first kappa shape index (κ1) is 16.4. The summed E-state index contributed by atoms with van der Waals surface area (Å²) >= 11 is 6.07. The zero-order valence-electron chi connectivity index (χ0n) is 13.2. The summed E-state index contributed by atoms with van der Waals surface area (Å²) in [4.78, 5) is 12.4. The number of carbonyl (C=O) groups is 1. The minimum atomic E-state index is -0.214. The SMILES string of the molecule is COc1cc(C)c(NC(=O)c2ccccc2Cl)cc1C(C)C. The molecule has 0 saturated carbocycles. The third-order valence-electron chi connectivity index (χ3n) is 3.57. The quantitative estimate of drug-likeness (QED) is 0.858. The summed E-state index contributed by atoms with van der Waals surface area (Å²) in [6.45, 7) is 6.12. The molecule has 0 bridgehead atoms. The van der Waals surface area contributed by atoms with E-state index in [0.717, 1.165) is 22.6 Å². The van der Waals surface area contributed by atoms with Crippen LogP contribution >= 0.6 is 11.6 Å². The number of carbonyl (C=O) groups excluding carboxylic acids is 1. The predicted octanol–water partition coefficient (Wildman–Crippen LogP) is 5.03. The molecule has 2 aromatic carbocycles. The highest BCUT2D eigenvalue weighted by Gasteiger charge is 2.15. The summed E-state index contributed by atoms with van der Waals surface area (Å²) in [6.07, 6.45) is 0. The lowest BCUT2D eigenvalue weighted by Crippen LogP contribution is -2.14. The molecule has 0 aliphatic rings. The molecule has 0 unspecified atom stereocenters. The Balaban J connectivity index is 2.35. The second kappa shape index (κ2) is 6.84. The second-order valence-corrected chi connectivity index (χ2v) is 5.90. The van der Waals surface area contributed by atoms with Crippen LogP contribution < -0.4 is 10.1 Å². The van der Waals surface area contributed by atoms with Crippen LogP contribution in [0.1, 0.15) is 41.3 Å². The number of ether oxygens (including phenoxy) is 1. The summed E-state index contributed by atoms with van der Waals surface area (Å²) in [5.41, 5.74) is 3.24. The summed E-state index contributed by atoms with van der Waals surface area (Å²) in [5.74, 6) is 0.920. The minimum Gasteiger partial charge on any atom is -0.496 e. The van der Waals surface area contributed by atoms with Gasteiger partial charge in [0.1, 0.15) is 5.75 Å². The fraction of sp³-hybridized carbons (Fsp3) is 0.278. The number of halogens is 1. The monoisotopic (exact) mass is 317 g/mol. The van der Waals surface area contributed by atoms with Gasteiger partial charge in [-0.1, -0.05) is 37.6 Å². The van der Waals surface area contributed by atoms with E-state index in [-0.39, 0.29) is 5.91 Å². The van der Waals surface area contributed by atoms with Crippen LogP contribution in [0.15, 0.2) is 36.4 Å². The summed E-state index contributed by atoms with van der Waals surface area (Å²) in [5, 5.41) is 3.38. The number of methoxy groups -OCH3 is 1. The maximum atomic E-state index is 12.4. The maximum absolute atomic E-state index is 12.4. The molecule has 0 aliphatic heterocycles. The van der Waals surface area contributed by atoms with E-state index < -0.39 is 0 Å². The third-order valence-corrected chi connectivity index (χ3v) is 3.89. The highest BCUT2D eigenvalue weighted by Crippen LogP contribution is 2.32. The Labute approximate surface area is 136 Å². The van der Waals surface area contributed by atoms with Crippen LogP contribution in [0.4, 0.5) is 5.69 Å². The first-order valence-electron chi connectivity index (χ1n) is 7.18. The Bertz CT molecular complexity index is 695. The van der Waals surface area contributed by atoms with Gasteiger partial charge in [-0.15, -0.1) is 0 Å². The van der Waals surface area contributed by atoms with Gasteiger partial charge >= 0.3 is 0 Å². The lowest BCUT2D eigenvalue weighted by atomic mass is 9.99. The molecule has 0 aromatic heterocycles. The van der Waals surface area contributed by atoms with Gasteiger partial charge < -0.3 is 10.1 Å². The number of hydrogen-bond acceptors (Lipinski definition) is 2. The van der Waals surface area contributed by atoms with Crippen molar-refractivity contribution in [3.8, 4) is 5.75 Å². The van der Waals surface area contributed by atoms with Crippen LogP contribution in [0, 0.1) is 6.92 Å². The van der Waals surface area contributed by atoms with Gasteiger partial charge in [0, 0.05) is 5.69 Å². The Morgan fingerprint density at radius 1 is 1.23 bits per heavy atom. The third kappa shape index (κ3) is 3.42. The molecule has 0 radical (unpaired) electrons. The van der Waals surface area contributed by atoms with Gasteiger partial charge in [-0.05, 0) is 48.2 Å². The minimum absolute atomic E-state index is 0.214. The smallest absolute Gasteiger partial charge is 0.257 e. The Hall–Kier alpha value is -2.00. The van der Waals surface area contributed by atoms with E-state index in [1.54, 1.807) is 31.4 Å². The molecule has 2 rings (SSSR count). The summed E-state index contributed by atoms with van der Waals surface area (Å²) < 4.78 is 5.42. The molecule has 0 saturated heterocycles. The number of anilines is 1. The average Bonchev–Trinajstić information content (AvgIpc) is 2.48. The Morgan fingerprint density at radius 3 is 2.50 bits per heavy atom. The van der Waals surface area contributed by atoms with Crippen LogP contribution in [0.5, 0.6) is 5.75 Å². The van der Waals surface area contributed by atoms with E-state index in [0.29, 0.717) is 16.5 Å². The molecule has 1 amide bonds. The number of hydrogen-bond donors (Lipinski definition) is 1. The molecule has 3 nitrogen and oxygen atoms in total. The fourth-order valence-corrected chi connectivity index (χ4v) is 2.52. The lowest BCUT2D eigenvalue weighted by molar-refractivity contribution is 0.102. The predicted molar refractivity (Wildman–Crippen MR) is 91.2 cm³/mol. The molecule has 116 valence electrons. The van der Waals surface area contributed by atoms with Crippen LogP contribution in [0.3, 0.4) is 0 Å². The molecule has 2 aromatic rings. The van der Waals surface area contributed by atoms with Gasteiger partial charge in [0.05, 0.1) is 17.7 Å². The lowest BCUT2D eigenvalue weighted by Gasteiger charge is -2.17. The van der Waals surface area contributed by atoms with Gasteiger partial charge in [-0.2, -0.15) is 0 Å². The van der Waals surface area contributed by atoms with Crippen molar-refractivity contribution >= 4 is 23.2 Å². The van der Waals surface area contributed by atoms with Crippen LogP contribution in [-0.4, -0.2) is 13.0 Å². The van der Waals surface area contributed by atoms with Gasteiger partial charge in [0.15, 0.2) is 0 Å². The molecular formula is C18H20ClNO2. The summed E-state index contributed by atoms with van der Waals surface area (Å²) in [7, 11) is 1.66. The largest absolute Gasteiger partial charge is 0.496 e. The molecule has 0 fully saturated rings. The van der Waals surface area contributed by atoms with Crippen molar-refractivity contribution in [1.29, 1.82) is 0 Å². The zero-order chi connectivity index (χ0) is 16.3. The van der Waals surface area contributed by atoms with E-state index in [4.69, 9.17) is 16.3 Å². The second-order valence-electron chi connectivity index (χ2n) is 5.50.